The number of nitrogens with zero attached hydrogens (tertiary/aromatic N) is 2. The van der Waals surface area contributed by atoms with Gasteiger partial charge in [-0.15, -0.1) is 0 Å². The SMILES string of the molecule is O=C(OCc1nc2ccccc2[n+]([O-])c1C(=O)c1ccccc1)c1ccccc1Br. The first-order valence-corrected chi connectivity index (χ1v) is 9.88. The first-order chi connectivity index (χ1) is 14.6. The molecule has 4 aromatic rings. The summed E-state index contributed by atoms with van der Waals surface area (Å²) < 4.78 is 6.53. The molecule has 0 atom stereocenters. The predicted octanol–water partition coefficient (Wildman–Crippen LogP) is 4.22. The summed E-state index contributed by atoms with van der Waals surface area (Å²) in [5.41, 5.74) is 1.28. The van der Waals surface area contributed by atoms with Crippen LogP contribution in [0, 0.1) is 5.21 Å². The van der Waals surface area contributed by atoms with E-state index in [1.54, 1.807) is 78.9 Å². The summed E-state index contributed by atoms with van der Waals surface area (Å²) in [6, 6.07) is 22.0. The Morgan fingerprint density at radius 1 is 0.933 bits per heavy atom. The number of benzene rings is 3. The highest BCUT2D eigenvalue weighted by Crippen LogP contribution is 2.19. The van der Waals surface area contributed by atoms with Crippen molar-refractivity contribution in [2.24, 2.45) is 0 Å². The Bertz CT molecular complexity index is 1260. The van der Waals surface area contributed by atoms with Gasteiger partial charge in [-0.3, -0.25) is 4.79 Å². The molecule has 0 spiro atoms. The number of rotatable bonds is 5. The maximum Gasteiger partial charge on any atom is 0.339 e. The Hall–Kier alpha value is -3.58. The molecule has 148 valence electrons. The number of para-hydroxylation sites is 2. The van der Waals surface area contributed by atoms with Crippen molar-refractivity contribution in [1.29, 1.82) is 0 Å². The maximum absolute atomic E-state index is 13.1. The van der Waals surface area contributed by atoms with Crippen LogP contribution in [0.3, 0.4) is 0 Å². The van der Waals surface area contributed by atoms with Crippen molar-refractivity contribution >= 4 is 38.7 Å². The van der Waals surface area contributed by atoms with E-state index in [2.05, 4.69) is 20.9 Å². The molecule has 0 aliphatic carbocycles. The number of hydrogen-bond acceptors (Lipinski definition) is 5. The van der Waals surface area contributed by atoms with Crippen molar-refractivity contribution in [3.63, 3.8) is 0 Å². The van der Waals surface area contributed by atoms with Gasteiger partial charge in [0.2, 0.25) is 5.52 Å². The van der Waals surface area contributed by atoms with Gasteiger partial charge in [0.25, 0.3) is 11.5 Å². The molecule has 30 heavy (non-hydrogen) atoms. The molecule has 0 saturated carbocycles. The summed E-state index contributed by atoms with van der Waals surface area (Å²) in [6.07, 6.45) is 0. The van der Waals surface area contributed by atoms with Crippen LogP contribution in [0.1, 0.15) is 32.1 Å². The quantitative estimate of drug-likeness (QED) is 0.192. The van der Waals surface area contributed by atoms with Gasteiger partial charge in [-0.1, -0.05) is 54.6 Å². The lowest BCUT2D eigenvalue weighted by molar-refractivity contribution is -0.580. The normalized spacial score (nSPS) is 10.7. The molecular weight excluding hydrogens is 448 g/mol. The molecule has 0 amide bonds. The summed E-state index contributed by atoms with van der Waals surface area (Å²) in [5.74, 6) is -1.08. The van der Waals surface area contributed by atoms with Gasteiger partial charge in [-0.05, 0) is 34.1 Å². The fourth-order valence-electron chi connectivity index (χ4n) is 3.06. The third-order valence-corrected chi connectivity index (χ3v) is 5.21. The van der Waals surface area contributed by atoms with Gasteiger partial charge in [0.1, 0.15) is 12.1 Å². The summed E-state index contributed by atoms with van der Waals surface area (Å²) >= 11 is 3.31. The van der Waals surface area contributed by atoms with Crippen LogP contribution in [0.2, 0.25) is 0 Å². The summed E-state index contributed by atoms with van der Waals surface area (Å²) in [7, 11) is 0. The Morgan fingerprint density at radius 2 is 1.60 bits per heavy atom. The summed E-state index contributed by atoms with van der Waals surface area (Å²) in [4.78, 5) is 30.0. The van der Waals surface area contributed by atoms with Crippen molar-refractivity contribution in [3.05, 3.63) is 111 Å². The number of hydrogen-bond donors (Lipinski definition) is 0. The molecule has 7 heteroatoms. The minimum absolute atomic E-state index is 0.0953. The first-order valence-electron chi connectivity index (χ1n) is 9.09. The van der Waals surface area contributed by atoms with Crippen molar-refractivity contribution in [2.45, 2.75) is 6.61 Å². The van der Waals surface area contributed by atoms with E-state index in [0.717, 1.165) is 0 Å². The van der Waals surface area contributed by atoms with E-state index in [-0.39, 0.29) is 23.5 Å². The largest absolute Gasteiger partial charge is 0.618 e. The molecular formula is C23H15BrN2O4. The minimum Gasteiger partial charge on any atom is -0.618 e. The van der Waals surface area contributed by atoms with Gasteiger partial charge < -0.3 is 9.94 Å². The molecule has 1 heterocycles. The highest BCUT2D eigenvalue weighted by atomic mass is 79.9. The minimum atomic E-state index is -0.590. The number of halogens is 1. The van der Waals surface area contributed by atoms with Gasteiger partial charge >= 0.3 is 5.97 Å². The maximum atomic E-state index is 13.1. The lowest BCUT2D eigenvalue weighted by atomic mass is 10.1. The van der Waals surface area contributed by atoms with E-state index >= 15 is 0 Å². The zero-order chi connectivity index (χ0) is 21.1. The number of carbonyl (C=O) groups is 2. The smallest absolute Gasteiger partial charge is 0.339 e. The van der Waals surface area contributed by atoms with E-state index in [1.807, 2.05) is 0 Å². The second-order valence-electron chi connectivity index (χ2n) is 6.44. The van der Waals surface area contributed by atoms with E-state index in [4.69, 9.17) is 4.74 Å². The zero-order valence-electron chi connectivity index (χ0n) is 15.6. The number of ketones is 1. The standard InChI is InChI=1S/C23H15BrN2O4/c24-17-11-5-4-10-16(17)23(28)30-14-19-21(22(27)15-8-2-1-3-9-15)26(29)20-13-7-6-12-18(20)25-19/h1-13H,14H2. The first kappa shape index (κ1) is 19.7. The molecule has 6 nitrogen and oxygen atoms in total. The van der Waals surface area contributed by atoms with Crippen LogP contribution >= 0.6 is 15.9 Å². The molecule has 0 fully saturated rings. The molecule has 1 aromatic heterocycles. The number of ether oxygens (including phenoxy) is 1. The third kappa shape index (κ3) is 3.79. The Balaban J connectivity index is 1.75. The van der Waals surface area contributed by atoms with Crippen LogP contribution in [-0.4, -0.2) is 16.7 Å². The van der Waals surface area contributed by atoms with Crippen LogP contribution in [0.5, 0.6) is 0 Å². The Morgan fingerprint density at radius 3 is 2.37 bits per heavy atom. The van der Waals surface area contributed by atoms with Crippen molar-refractivity contribution in [1.82, 2.24) is 4.98 Å². The Kier molecular flexibility index (Phi) is 5.54. The predicted molar refractivity (Wildman–Crippen MR) is 114 cm³/mol. The number of esters is 1. The van der Waals surface area contributed by atoms with Crippen molar-refractivity contribution < 1.29 is 19.1 Å². The lowest BCUT2D eigenvalue weighted by Crippen LogP contribution is -2.38. The number of aromatic nitrogens is 2. The zero-order valence-corrected chi connectivity index (χ0v) is 17.2. The van der Waals surface area contributed by atoms with Crippen LogP contribution in [0.15, 0.2) is 83.3 Å². The number of fused-ring (bicyclic) bond motifs is 1. The van der Waals surface area contributed by atoms with Crippen molar-refractivity contribution in [3.8, 4) is 0 Å². The van der Waals surface area contributed by atoms with Crippen LogP contribution < -0.4 is 4.73 Å². The second kappa shape index (κ2) is 8.42. The highest BCUT2D eigenvalue weighted by Gasteiger charge is 2.28. The highest BCUT2D eigenvalue weighted by molar-refractivity contribution is 9.10. The molecule has 0 unspecified atom stereocenters. The van der Waals surface area contributed by atoms with E-state index < -0.39 is 11.8 Å². The van der Waals surface area contributed by atoms with Gasteiger partial charge in [-0.2, -0.15) is 4.73 Å². The van der Waals surface area contributed by atoms with Crippen molar-refractivity contribution in [2.75, 3.05) is 0 Å². The second-order valence-corrected chi connectivity index (χ2v) is 7.30. The molecule has 0 bridgehead atoms. The number of carbonyl (C=O) groups excluding carboxylic acids is 2. The molecule has 0 N–H and O–H groups in total. The summed E-state index contributed by atoms with van der Waals surface area (Å²) in [5, 5.41) is 13.0. The van der Waals surface area contributed by atoms with Crippen LogP contribution in [-0.2, 0) is 11.3 Å². The molecule has 0 saturated heterocycles. The van der Waals surface area contributed by atoms with E-state index in [9.17, 15) is 14.8 Å². The average molecular weight is 463 g/mol. The van der Waals surface area contributed by atoms with Gasteiger partial charge in [0.15, 0.2) is 5.69 Å². The molecule has 0 aliphatic rings. The third-order valence-electron chi connectivity index (χ3n) is 4.52. The fraction of sp³-hybridized carbons (Fsp3) is 0.0435. The molecule has 3 aromatic carbocycles. The Labute approximate surface area is 180 Å². The van der Waals surface area contributed by atoms with Gasteiger partial charge in [0.05, 0.1) is 5.56 Å². The fourth-order valence-corrected chi connectivity index (χ4v) is 3.50. The average Bonchev–Trinajstić information content (AvgIpc) is 2.78. The lowest BCUT2D eigenvalue weighted by Gasteiger charge is -2.12. The molecule has 0 aliphatic heterocycles. The monoisotopic (exact) mass is 462 g/mol. The van der Waals surface area contributed by atoms with E-state index in [1.165, 1.54) is 0 Å². The molecule has 4 rings (SSSR count). The molecule has 0 radical (unpaired) electrons. The summed E-state index contributed by atoms with van der Waals surface area (Å²) in [6.45, 7) is -0.318. The van der Waals surface area contributed by atoms with Crippen LogP contribution in [0.4, 0.5) is 0 Å². The topological polar surface area (TPSA) is 83.2 Å². The van der Waals surface area contributed by atoms with Crippen LogP contribution in [0.25, 0.3) is 11.0 Å². The van der Waals surface area contributed by atoms with E-state index in [0.29, 0.717) is 25.8 Å². The van der Waals surface area contributed by atoms with Gasteiger partial charge in [0, 0.05) is 16.1 Å². The van der Waals surface area contributed by atoms with Gasteiger partial charge in [-0.25, -0.2) is 9.78 Å².